The molecule has 3 aromatic carbocycles. The largest absolute Gasteiger partial charge is 0.213 e. The molecular formula is C26H26N+. The highest BCUT2D eigenvalue weighted by Crippen LogP contribution is 2.38. The van der Waals surface area contributed by atoms with Crippen molar-refractivity contribution in [1.29, 1.82) is 0 Å². The molecule has 4 aromatic rings. The molecule has 0 amide bonds. The van der Waals surface area contributed by atoms with Gasteiger partial charge in [-0.05, 0) is 58.4 Å². The van der Waals surface area contributed by atoms with Crippen molar-refractivity contribution in [2.75, 3.05) is 0 Å². The lowest BCUT2D eigenvalue weighted by Gasteiger charge is -2.14. The molecule has 134 valence electrons. The molecule has 0 bridgehead atoms. The summed E-state index contributed by atoms with van der Waals surface area (Å²) < 4.78 is 2.29. The molecule has 1 aliphatic rings. The van der Waals surface area contributed by atoms with Gasteiger partial charge in [-0.25, -0.2) is 4.57 Å². The van der Waals surface area contributed by atoms with Gasteiger partial charge in [-0.1, -0.05) is 61.4 Å². The second-order valence-corrected chi connectivity index (χ2v) is 8.08. The van der Waals surface area contributed by atoms with E-state index in [4.69, 9.17) is 0 Å². The first-order valence-corrected chi connectivity index (χ1v) is 10.1. The van der Waals surface area contributed by atoms with Crippen LogP contribution in [0.5, 0.6) is 0 Å². The fourth-order valence-electron chi connectivity index (χ4n) is 4.88. The highest BCUT2D eigenvalue weighted by molar-refractivity contribution is 6.12. The second kappa shape index (κ2) is 6.49. The van der Waals surface area contributed by atoms with Crippen molar-refractivity contribution in [1.82, 2.24) is 0 Å². The van der Waals surface area contributed by atoms with Crippen LogP contribution in [0.25, 0.3) is 32.8 Å². The Morgan fingerprint density at radius 2 is 1.59 bits per heavy atom. The second-order valence-electron chi connectivity index (χ2n) is 8.08. The average Bonchev–Trinajstić information content (AvgIpc) is 3.23. The molecule has 1 saturated carbocycles. The monoisotopic (exact) mass is 352 g/mol. The van der Waals surface area contributed by atoms with Gasteiger partial charge >= 0.3 is 0 Å². The molecule has 0 aliphatic heterocycles. The van der Waals surface area contributed by atoms with Crippen molar-refractivity contribution in [3.05, 3.63) is 78.0 Å². The van der Waals surface area contributed by atoms with Gasteiger partial charge in [0.05, 0.1) is 5.56 Å². The molecule has 0 unspecified atom stereocenters. The van der Waals surface area contributed by atoms with Crippen LogP contribution < -0.4 is 4.57 Å². The Bertz CT molecular complexity index is 1150. The van der Waals surface area contributed by atoms with E-state index in [1.807, 2.05) is 0 Å². The Morgan fingerprint density at radius 3 is 2.44 bits per heavy atom. The molecule has 0 radical (unpaired) electrons. The number of aromatic nitrogens is 1. The lowest BCUT2D eigenvalue weighted by Crippen LogP contribution is -2.31. The highest BCUT2D eigenvalue weighted by Gasteiger charge is 2.22. The molecule has 1 aliphatic carbocycles. The number of rotatable bonds is 2. The summed E-state index contributed by atoms with van der Waals surface area (Å²) in [5.74, 6) is 0.737. The lowest BCUT2D eigenvalue weighted by molar-refractivity contribution is -0.660. The molecule has 1 heterocycles. The minimum absolute atomic E-state index is 0.737. The van der Waals surface area contributed by atoms with Crippen LogP contribution in [-0.4, -0.2) is 0 Å². The van der Waals surface area contributed by atoms with Gasteiger partial charge in [0, 0.05) is 12.1 Å². The smallest absolute Gasteiger partial charge is 0.201 e. The number of hydrogen-bond acceptors (Lipinski definition) is 0. The topological polar surface area (TPSA) is 3.88 Å². The van der Waals surface area contributed by atoms with E-state index in [2.05, 4.69) is 85.4 Å². The van der Waals surface area contributed by atoms with Gasteiger partial charge in [-0.2, -0.15) is 0 Å². The Morgan fingerprint density at radius 1 is 0.815 bits per heavy atom. The summed E-state index contributed by atoms with van der Waals surface area (Å²) in [6, 6.07) is 22.6. The van der Waals surface area contributed by atoms with Crippen molar-refractivity contribution in [2.45, 2.75) is 38.5 Å². The van der Waals surface area contributed by atoms with Gasteiger partial charge in [-0.15, -0.1) is 0 Å². The number of nitrogens with zero attached hydrogens (tertiary/aromatic N) is 1. The number of fused-ring (bicyclic) bond motifs is 3. The summed E-state index contributed by atoms with van der Waals surface area (Å²) in [6.07, 6.45) is 7.68. The minimum atomic E-state index is 0.737. The van der Waals surface area contributed by atoms with E-state index in [1.165, 1.54) is 69.6 Å². The van der Waals surface area contributed by atoms with Crippen molar-refractivity contribution < 1.29 is 4.57 Å². The summed E-state index contributed by atoms with van der Waals surface area (Å²) in [6.45, 7) is 2.24. The van der Waals surface area contributed by atoms with Crippen LogP contribution in [0.15, 0.2) is 66.9 Å². The molecule has 5 rings (SSSR count). The zero-order valence-electron chi connectivity index (χ0n) is 16.2. The fourth-order valence-corrected chi connectivity index (χ4v) is 4.88. The predicted molar refractivity (Wildman–Crippen MR) is 114 cm³/mol. The number of pyridine rings is 1. The Balaban J connectivity index is 1.78. The Hall–Kier alpha value is -2.67. The Labute approximate surface area is 161 Å². The maximum absolute atomic E-state index is 2.45. The molecule has 0 spiro atoms. The predicted octanol–water partition coefficient (Wildman–Crippen LogP) is 6.45. The van der Waals surface area contributed by atoms with Crippen LogP contribution in [-0.2, 0) is 7.05 Å². The van der Waals surface area contributed by atoms with Crippen LogP contribution in [0.3, 0.4) is 0 Å². The van der Waals surface area contributed by atoms with Gasteiger partial charge in [0.1, 0.15) is 7.05 Å². The van der Waals surface area contributed by atoms with E-state index in [1.54, 1.807) is 0 Å². The number of aryl methyl sites for hydroxylation is 2. The third kappa shape index (κ3) is 2.73. The lowest BCUT2D eigenvalue weighted by atomic mass is 9.91. The van der Waals surface area contributed by atoms with Crippen molar-refractivity contribution in [3.63, 3.8) is 0 Å². The normalized spacial score (nSPS) is 15.0. The van der Waals surface area contributed by atoms with E-state index >= 15 is 0 Å². The van der Waals surface area contributed by atoms with Crippen molar-refractivity contribution in [2.24, 2.45) is 7.05 Å². The van der Waals surface area contributed by atoms with Gasteiger partial charge in [0.15, 0.2) is 6.20 Å². The van der Waals surface area contributed by atoms with Crippen LogP contribution in [0.2, 0.25) is 0 Å². The van der Waals surface area contributed by atoms with E-state index in [-0.39, 0.29) is 0 Å². The molecule has 0 atom stereocenters. The van der Waals surface area contributed by atoms with E-state index in [0.29, 0.717) is 0 Å². The first-order valence-electron chi connectivity index (χ1n) is 10.1. The van der Waals surface area contributed by atoms with Crippen LogP contribution in [0.1, 0.15) is 42.7 Å². The average molecular weight is 353 g/mol. The summed E-state index contributed by atoms with van der Waals surface area (Å²) in [5, 5.41) is 5.35. The molecule has 1 heteroatoms. The molecule has 0 N–H and O–H groups in total. The quantitative estimate of drug-likeness (QED) is 0.288. The maximum atomic E-state index is 2.45. The maximum Gasteiger partial charge on any atom is 0.213 e. The van der Waals surface area contributed by atoms with Gasteiger partial charge in [-0.3, -0.25) is 0 Å². The number of benzene rings is 3. The molecule has 1 fully saturated rings. The van der Waals surface area contributed by atoms with Crippen LogP contribution in [0.4, 0.5) is 0 Å². The van der Waals surface area contributed by atoms with Gasteiger partial charge < -0.3 is 0 Å². The van der Waals surface area contributed by atoms with Crippen LogP contribution in [0, 0.1) is 6.92 Å². The van der Waals surface area contributed by atoms with E-state index < -0.39 is 0 Å². The van der Waals surface area contributed by atoms with E-state index in [0.717, 1.165) is 5.92 Å². The zero-order chi connectivity index (χ0) is 18.4. The van der Waals surface area contributed by atoms with E-state index in [9.17, 15) is 0 Å². The summed E-state index contributed by atoms with van der Waals surface area (Å²) in [4.78, 5) is 0. The standard InChI is InChI=1S/C26H26N/c1-18-11-13-23-22-10-6-5-9-20(22)12-14-24(23)26(18)25-17-21(15-16-27(25)2)19-7-3-4-8-19/h5-6,9-17,19H,3-4,7-8H2,1-2H3/q+1. The third-order valence-electron chi connectivity index (χ3n) is 6.39. The highest BCUT2D eigenvalue weighted by atomic mass is 14.9. The minimum Gasteiger partial charge on any atom is -0.201 e. The first-order chi connectivity index (χ1) is 13.2. The third-order valence-corrected chi connectivity index (χ3v) is 6.39. The van der Waals surface area contributed by atoms with Crippen molar-refractivity contribution >= 4 is 21.5 Å². The summed E-state index contributed by atoms with van der Waals surface area (Å²) in [5.41, 5.74) is 5.56. The van der Waals surface area contributed by atoms with Crippen LogP contribution >= 0.6 is 0 Å². The SMILES string of the molecule is Cc1ccc2c(ccc3ccccc32)c1-c1cc(C2CCCC2)cc[n+]1C. The fraction of sp³-hybridized carbons (Fsp3) is 0.269. The first kappa shape index (κ1) is 16.5. The van der Waals surface area contributed by atoms with Crippen molar-refractivity contribution in [3.8, 4) is 11.3 Å². The summed E-state index contributed by atoms with van der Waals surface area (Å²) in [7, 11) is 2.17. The molecule has 0 saturated heterocycles. The van der Waals surface area contributed by atoms with Gasteiger partial charge in [0.25, 0.3) is 0 Å². The molecule has 1 nitrogen and oxygen atoms in total. The van der Waals surface area contributed by atoms with Gasteiger partial charge in [0.2, 0.25) is 5.69 Å². The molecular weight excluding hydrogens is 326 g/mol. The molecule has 1 aromatic heterocycles. The summed E-state index contributed by atoms with van der Waals surface area (Å²) >= 11 is 0. The molecule has 27 heavy (non-hydrogen) atoms. The zero-order valence-corrected chi connectivity index (χ0v) is 16.2. The number of hydrogen-bond donors (Lipinski definition) is 0. The Kier molecular flexibility index (Phi) is 3.97.